The van der Waals surface area contributed by atoms with Gasteiger partial charge in [-0.25, -0.2) is 9.50 Å². The number of anilines is 1. The van der Waals surface area contributed by atoms with Gasteiger partial charge in [0.1, 0.15) is 29.9 Å². The van der Waals surface area contributed by atoms with E-state index in [1.54, 1.807) is 29.3 Å². The lowest BCUT2D eigenvalue weighted by Gasteiger charge is -2.40. The molecule has 10 heteroatoms. The van der Waals surface area contributed by atoms with Gasteiger partial charge in [0.05, 0.1) is 35.0 Å². The van der Waals surface area contributed by atoms with Crippen LogP contribution < -0.4 is 15.0 Å². The Hall–Kier alpha value is -4.96. The lowest BCUT2D eigenvalue weighted by molar-refractivity contribution is 0.0885. The maximum absolute atomic E-state index is 12.9. The number of pyridine rings is 3. The molecule has 0 unspecified atom stereocenters. The summed E-state index contributed by atoms with van der Waals surface area (Å²) in [7, 11) is 0. The zero-order valence-electron chi connectivity index (χ0n) is 23.1. The van der Waals surface area contributed by atoms with Crippen LogP contribution in [0.1, 0.15) is 54.2 Å². The van der Waals surface area contributed by atoms with Crippen LogP contribution in [0, 0.1) is 35.0 Å². The van der Waals surface area contributed by atoms with Crippen LogP contribution in [-0.4, -0.2) is 50.7 Å². The van der Waals surface area contributed by atoms with Crippen LogP contribution in [0.2, 0.25) is 0 Å². The molecule has 0 spiro atoms. The number of hydrogen-bond acceptors (Lipinski definition) is 8. The monoisotopic (exact) mass is 546 g/mol. The number of nitrogens with zero attached hydrogens (tertiary/aromatic N) is 7. The minimum absolute atomic E-state index is 0.143. The largest absolute Gasteiger partial charge is 0.490 e. The molecule has 10 nitrogen and oxygen atoms in total. The Morgan fingerprint density at radius 3 is 2.59 bits per heavy atom. The van der Waals surface area contributed by atoms with Gasteiger partial charge in [-0.3, -0.25) is 9.78 Å². The normalized spacial score (nSPS) is 16.9. The zero-order chi connectivity index (χ0) is 28.6. The Balaban J connectivity index is 1.18. The Morgan fingerprint density at radius 2 is 1.93 bits per heavy atom. The predicted molar refractivity (Wildman–Crippen MR) is 152 cm³/mol. The first-order valence-electron chi connectivity index (χ1n) is 13.7. The van der Waals surface area contributed by atoms with Gasteiger partial charge in [-0.2, -0.15) is 15.6 Å². The molecule has 41 heavy (non-hydrogen) atoms. The lowest BCUT2D eigenvalue weighted by Crippen LogP contribution is -2.53. The molecular formula is C31H30N8O2. The molecule has 206 valence electrons. The molecule has 0 radical (unpaired) electrons. The average Bonchev–Trinajstić information content (AvgIpc) is 3.66. The van der Waals surface area contributed by atoms with Crippen LogP contribution in [0.15, 0.2) is 55.1 Å². The second-order valence-electron chi connectivity index (χ2n) is 11.3. The molecule has 4 aromatic heterocycles. The highest BCUT2D eigenvalue weighted by Gasteiger charge is 2.44. The molecule has 1 amide bonds. The number of aryl methyl sites for hydroxylation is 1. The van der Waals surface area contributed by atoms with E-state index in [2.05, 4.69) is 39.4 Å². The zero-order valence-corrected chi connectivity index (χ0v) is 23.1. The molecule has 2 aliphatic rings. The number of aromatic nitrogens is 4. The van der Waals surface area contributed by atoms with Crippen molar-refractivity contribution in [3.8, 4) is 29.0 Å². The molecule has 1 saturated carbocycles. The minimum atomic E-state index is -0.398. The third-order valence-electron chi connectivity index (χ3n) is 8.20. The number of nitrogens with one attached hydrogen (secondary N) is 1. The molecule has 1 saturated heterocycles. The second kappa shape index (κ2) is 10.2. The van der Waals surface area contributed by atoms with E-state index in [0.29, 0.717) is 29.1 Å². The summed E-state index contributed by atoms with van der Waals surface area (Å²) < 4.78 is 7.66. The first kappa shape index (κ1) is 26.3. The summed E-state index contributed by atoms with van der Waals surface area (Å²) in [6, 6.07) is 14.2. The first-order valence-corrected chi connectivity index (χ1v) is 13.7. The Labute approximate surface area is 238 Å². The summed E-state index contributed by atoms with van der Waals surface area (Å²) in [6.45, 7) is 5.80. The third-order valence-corrected chi connectivity index (χ3v) is 8.20. The highest BCUT2D eigenvalue weighted by Crippen LogP contribution is 2.45. The van der Waals surface area contributed by atoms with Gasteiger partial charge in [-0.1, -0.05) is 6.07 Å². The number of ether oxygens (including phenoxy) is 1. The summed E-state index contributed by atoms with van der Waals surface area (Å²) in [5, 5.41) is 26.6. The lowest BCUT2D eigenvalue weighted by atomic mass is 9.89. The van der Waals surface area contributed by atoms with Gasteiger partial charge in [0.2, 0.25) is 0 Å². The molecular weight excluding hydrogens is 516 g/mol. The first-order chi connectivity index (χ1) is 19.8. The number of nitriles is 2. The van der Waals surface area contributed by atoms with Gasteiger partial charge in [-0.15, -0.1) is 0 Å². The molecule has 0 bridgehead atoms. The topological polar surface area (TPSA) is 132 Å². The summed E-state index contributed by atoms with van der Waals surface area (Å²) in [4.78, 5) is 24.1. The molecule has 0 atom stereocenters. The molecule has 6 rings (SSSR count). The number of hydrogen-bond donors (Lipinski definition) is 1. The van der Waals surface area contributed by atoms with Gasteiger partial charge in [0.15, 0.2) is 0 Å². The van der Waals surface area contributed by atoms with Crippen molar-refractivity contribution in [3.63, 3.8) is 0 Å². The van der Waals surface area contributed by atoms with Crippen molar-refractivity contribution in [2.75, 3.05) is 24.6 Å². The van der Waals surface area contributed by atoms with E-state index < -0.39 is 5.41 Å². The number of carbonyl (C=O) groups excluding carboxylic acids is 1. The Bertz CT molecular complexity index is 1700. The fourth-order valence-electron chi connectivity index (χ4n) is 5.28. The number of amides is 1. The van der Waals surface area contributed by atoms with Crippen LogP contribution in [0.5, 0.6) is 5.75 Å². The third kappa shape index (κ3) is 5.17. The van der Waals surface area contributed by atoms with Crippen molar-refractivity contribution >= 4 is 17.2 Å². The van der Waals surface area contributed by atoms with Crippen molar-refractivity contribution in [1.29, 1.82) is 10.5 Å². The number of fused-ring (bicyclic) bond motifs is 1. The molecule has 0 aromatic carbocycles. The SMILES string of the molecule is Cc1cccnc1C(=O)NC1(C)CCN(c2ccc(-c3cc(OCC4(C#N)CC4)cn4ncc(C#N)c34)cn2)CC1. The van der Waals surface area contributed by atoms with Crippen molar-refractivity contribution in [3.05, 3.63) is 71.9 Å². The average molecular weight is 547 g/mol. The molecule has 2 fully saturated rings. The fraction of sp³-hybridized carbons (Fsp3) is 0.355. The quantitative estimate of drug-likeness (QED) is 0.360. The standard InChI is InChI=1S/C31H30N8O2/c1-21-4-3-11-34-27(21)29(40)37-30(2)9-12-38(13-10-30)26-6-5-22(16-35-26)25-14-24(41-20-31(19-33)7-8-31)18-39-28(25)23(15-32)17-36-39/h3-6,11,14,16-18H,7-10,12-13,20H2,1-2H3,(H,37,40). The molecule has 1 aliphatic heterocycles. The second-order valence-corrected chi connectivity index (χ2v) is 11.3. The number of piperidine rings is 1. The molecule has 1 N–H and O–H groups in total. The summed E-state index contributed by atoms with van der Waals surface area (Å²) in [5.74, 6) is 1.30. The van der Waals surface area contributed by atoms with Crippen molar-refractivity contribution in [2.24, 2.45) is 5.41 Å². The van der Waals surface area contributed by atoms with Gasteiger partial charge >= 0.3 is 0 Å². The van der Waals surface area contributed by atoms with Crippen LogP contribution in [-0.2, 0) is 0 Å². The summed E-state index contributed by atoms with van der Waals surface area (Å²) >= 11 is 0. The van der Waals surface area contributed by atoms with E-state index in [-0.39, 0.29) is 11.4 Å². The number of rotatable bonds is 7. The van der Waals surface area contributed by atoms with E-state index in [1.807, 2.05) is 37.3 Å². The highest BCUT2D eigenvalue weighted by atomic mass is 16.5. The number of carbonyl (C=O) groups is 1. The van der Waals surface area contributed by atoms with Crippen LogP contribution >= 0.6 is 0 Å². The van der Waals surface area contributed by atoms with E-state index in [0.717, 1.165) is 61.3 Å². The molecule has 4 aromatic rings. The van der Waals surface area contributed by atoms with Gasteiger partial charge < -0.3 is 15.0 Å². The van der Waals surface area contributed by atoms with Crippen LogP contribution in [0.3, 0.4) is 0 Å². The van der Waals surface area contributed by atoms with E-state index in [9.17, 15) is 15.3 Å². The predicted octanol–water partition coefficient (Wildman–Crippen LogP) is 4.44. The van der Waals surface area contributed by atoms with Crippen LogP contribution in [0.25, 0.3) is 16.6 Å². The Kier molecular flexibility index (Phi) is 6.55. The van der Waals surface area contributed by atoms with E-state index in [4.69, 9.17) is 9.72 Å². The van der Waals surface area contributed by atoms with Gasteiger partial charge in [-0.05, 0) is 69.4 Å². The van der Waals surface area contributed by atoms with Crippen LogP contribution in [0.4, 0.5) is 5.82 Å². The van der Waals surface area contributed by atoms with Gasteiger partial charge in [0, 0.05) is 42.1 Å². The summed E-state index contributed by atoms with van der Waals surface area (Å²) in [5.41, 5.74) is 3.37. The van der Waals surface area contributed by atoms with Gasteiger partial charge in [0.25, 0.3) is 5.91 Å². The van der Waals surface area contributed by atoms with Crippen molar-refractivity contribution in [1.82, 2.24) is 24.9 Å². The van der Waals surface area contributed by atoms with E-state index >= 15 is 0 Å². The maximum atomic E-state index is 12.9. The molecule has 1 aliphatic carbocycles. The van der Waals surface area contributed by atoms with Crippen molar-refractivity contribution in [2.45, 2.75) is 45.1 Å². The minimum Gasteiger partial charge on any atom is -0.490 e. The Morgan fingerprint density at radius 1 is 1.12 bits per heavy atom. The highest BCUT2D eigenvalue weighted by molar-refractivity contribution is 5.94. The summed E-state index contributed by atoms with van der Waals surface area (Å²) in [6.07, 6.45) is 9.97. The smallest absolute Gasteiger partial charge is 0.270 e. The molecule has 5 heterocycles. The van der Waals surface area contributed by atoms with E-state index in [1.165, 1.54) is 0 Å². The fourth-order valence-corrected chi connectivity index (χ4v) is 5.28. The maximum Gasteiger partial charge on any atom is 0.270 e. The van der Waals surface area contributed by atoms with Crippen molar-refractivity contribution < 1.29 is 9.53 Å².